The van der Waals surface area contributed by atoms with Gasteiger partial charge in [0, 0.05) is 30.9 Å². The van der Waals surface area contributed by atoms with Crippen molar-refractivity contribution >= 4 is 5.91 Å². The Labute approximate surface area is 117 Å². The van der Waals surface area contributed by atoms with E-state index in [9.17, 15) is 4.79 Å². The lowest BCUT2D eigenvalue weighted by molar-refractivity contribution is 0.0950. The topological polar surface area (TPSA) is 77.2 Å². The normalized spacial score (nSPS) is 10.1. The molecule has 1 aromatic carbocycles. The fourth-order valence-electron chi connectivity index (χ4n) is 1.80. The van der Waals surface area contributed by atoms with Gasteiger partial charge in [-0.1, -0.05) is 12.1 Å². The molecule has 0 bridgehead atoms. The van der Waals surface area contributed by atoms with Crippen LogP contribution in [0, 0.1) is 0 Å². The van der Waals surface area contributed by atoms with Crippen LogP contribution < -0.4 is 15.8 Å². The van der Waals surface area contributed by atoms with E-state index in [-0.39, 0.29) is 5.91 Å². The minimum absolute atomic E-state index is 0.129. The second-order valence-electron chi connectivity index (χ2n) is 4.29. The largest absolute Gasteiger partial charge is 0.481 e. The van der Waals surface area contributed by atoms with E-state index in [0.717, 1.165) is 11.1 Å². The molecule has 0 saturated carbocycles. The lowest BCUT2D eigenvalue weighted by Gasteiger charge is -2.07. The van der Waals surface area contributed by atoms with Crippen molar-refractivity contribution in [3.8, 4) is 5.88 Å². The van der Waals surface area contributed by atoms with Crippen molar-refractivity contribution in [2.45, 2.75) is 13.1 Å². The molecular weight excluding hydrogens is 254 g/mol. The zero-order chi connectivity index (χ0) is 14.4. The molecule has 0 radical (unpaired) electrons. The summed E-state index contributed by atoms with van der Waals surface area (Å²) in [6.07, 6.45) is 1.65. The lowest BCUT2D eigenvalue weighted by Crippen LogP contribution is -2.23. The highest BCUT2D eigenvalue weighted by Gasteiger charge is 2.06. The third-order valence-electron chi connectivity index (χ3n) is 2.89. The average molecular weight is 271 g/mol. The maximum Gasteiger partial charge on any atom is 0.251 e. The first-order valence-electron chi connectivity index (χ1n) is 6.29. The van der Waals surface area contributed by atoms with Crippen LogP contribution in [0.4, 0.5) is 0 Å². The Morgan fingerprint density at radius 2 is 2.15 bits per heavy atom. The minimum atomic E-state index is -0.129. The van der Waals surface area contributed by atoms with Crippen LogP contribution in [0.3, 0.4) is 0 Å². The number of benzene rings is 1. The molecule has 104 valence electrons. The van der Waals surface area contributed by atoms with Crippen molar-refractivity contribution in [3.05, 3.63) is 59.3 Å². The lowest BCUT2D eigenvalue weighted by atomic mass is 10.1. The van der Waals surface area contributed by atoms with Crippen LogP contribution in [0.2, 0.25) is 0 Å². The Bertz CT molecular complexity index is 599. The first-order chi connectivity index (χ1) is 9.72. The van der Waals surface area contributed by atoms with Gasteiger partial charge < -0.3 is 15.8 Å². The van der Waals surface area contributed by atoms with Crippen LogP contribution in [-0.2, 0) is 13.1 Å². The fraction of sp³-hybridized carbons (Fsp3) is 0.200. The first-order valence-corrected chi connectivity index (χ1v) is 6.29. The van der Waals surface area contributed by atoms with Gasteiger partial charge in [0.15, 0.2) is 0 Å². The van der Waals surface area contributed by atoms with Crippen molar-refractivity contribution in [2.24, 2.45) is 5.73 Å². The summed E-state index contributed by atoms with van der Waals surface area (Å²) in [6.45, 7) is 0.841. The van der Waals surface area contributed by atoms with Gasteiger partial charge in [-0.25, -0.2) is 4.98 Å². The Morgan fingerprint density at radius 1 is 1.30 bits per heavy atom. The fourth-order valence-corrected chi connectivity index (χ4v) is 1.80. The van der Waals surface area contributed by atoms with E-state index in [1.165, 1.54) is 0 Å². The molecule has 1 heterocycles. The standard InChI is InChI=1S/C15H17N3O2/c1-20-14-8-12(5-6-17-14)10-18-15(19)13-4-2-3-11(7-13)9-16/h2-8H,9-10,16H2,1H3,(H,18,19). The summed E-state index contributed by atoms with van der Waals surface area (Å²) in [4.78, 5) is 16.1. The monoisotopic (exact) mass is 271 g/mol. The van der Waals surface area contributed by atoms with Crippen LogP contribution in [-0.4, -0.2) is 18.0 Å². The second-order valence-corrected chi connectivity index (χ2v) is 4.29. The summed E-state index contributed by atoms with van der Waals surface area (Å²) in [7, 11) is 1.56. The van der Waals surface area contributed by atoms with Gasteiger partial charge in [-0.3, -0.25) is 4.79 Å². The van der Waals surface area contributed by atoms with Gasteiger partial charge in [0.05, 0.1) is 7.11 Å². The summed E-state index contributed by atoms with van der Waals surface area (Å²) in [5, 5.41) is 2.85. The Hall–Kier alpha value is -2.40. The molecule has 2 aromatic rings. The number of methoxy groups -OCH3 is 1. The van der Waals surface area contributed by atoms with Crippen LogP contribution >= 0.6 is 0 Å². The van der Waals surface area contributed by atoms with E-state index >= 15 is 0 Å². The molecule has 0 aliphatic carbocycles. The zero-order valence-corrected chi connectivity index (χ0v) is 11.3. The molecule has 0 atom stereocenters. The molecular formula is C15H17N3O2. The smallest absolute Gasteiger partial charge is 0.251 e. The van der Waals surface area contributed by atoms with Gasteiger partial charge in [-0.05, 0) is 29.3 Å². The highest BCUT2D eigenvalue weighted by Crippen LogP contribution is 2.09. The quantitative estimate of drug-likeness (QED) is 0.863. The second kappa shape index (κ2) is 6.68. The molecule has 0 spiro atoms. The van der Waals surface area contributed by atoms with Gasteiger partial charge in [0.1, 0.15) is 0 Å². The van der Waals surface area contributed by atoms with Crippen molar-refractivity contribution in [1.29, 1.82) is 0 Å². The third kappa shape index (κ3) is 3.55. The molecule has 1 amide bonds. The van der Waals surface area contributed by atoms with Crippen molar-refractivity contribution in [3.63, 3.8) is 0 Å². The minimum Gasteiger partial charge on any atom is -0.481 e. The number of aromatic nitrogens is 1. The van der Waals surface area contributed by atoms with E-state index in [1.54, 1.807) is 31.5 Å². The number of nitrogens with two attached hydrogens (primary N) is 1. The van der Waals surface area contributed by atoms with Crippen LogP contribution in [0.1, 0.15) is 21.5 Å². The molecule has 5 nitrogen and oxygen atoms in total. The predicted octanol–water partition coefficient (Wildman–Crippen LogP) is 1.48. The first kappa shape index (κ1) is 14.0. The number of hydrogen-bond donors (Lipinski definition) is 2. The molecule has 0 unspecified atom stereocenters. The molecule has 0 fully saturated rings. The Balaban J connectivity index is 2.00. The molecule has 0 aliphatic rings. The number of carbonyl (C=O) groups is 1. The van der Waals surface area contributed by atoms with E-state index in [1.807, 2.05) is 18.2 Å². The average Bonchev–Trinajstić information content (AvgIpc) is 2.52. The van der Waals surface area contributed by atoms with Gasteiger partial charge in [-0.2, -0.15) is 0 Å². The zero-order valence-electron chi connectivity index (χ0n) is 11.3. The van der Waals surface area contributed by atoms with E-state index in [2.05, 4.69) is 10.3 Å². The summed E-state index contributed by atoms with van der Waals surface area (Å²) in [5.41, 5.74) is 8.03. The van der Waals surface area contributed by atoms with Crippen molar-refractivity contribution in [2.75, 3.05) is 7.11 Å². The number of hydrogen-bond acceptors (Lipinski definition) is 4. The molecule has 20 heavy (non-hydrogen) atoms. The van der Waals surface area contributed by atoms with Crippen LogP contribution in [0.5, 0.6) is 5.88 Å². The van der Waals surface area contributed by atoms with E-state index in [0.29, 0.717) is 24.5 Å². The number of amides is 1. The summed E-state index contributed by atoms with van der Waals surface area (Å²) >= 11 is 0. The number of pyridine rings is 1. The molecule has 5 heteroatoms. The molecule has 0 saturated heterocycles. The SMILES string of the molecule is COc1cc(CNC(=O)c2cccc(CN)c2)ccn1. The summed E-state index contributed by atoms with van der Waals surface area (Å²) in [6, 6.07) is 10.9. The summed E-state index contributed by atoms with van der Waals surface area (Å²) in [5.74, 6) is 0.401. The van der Waals surface area contributed by atoms with Crippen molar-refractivity contribution in [1.82, 2.24) is 10.3 Å². The Morgan fingerprint density at radius 3 is 2.90 bits per heavy atom. The van der Waals surface area contributed by atoms with Crippen LogP contribution in [0.25, 0.3) is 0 Å². The van der Waals surface area contributed by atoms with Gasteiger partial charge in [-0.15, -0.1) is 0 Å². The number of carbonyl (C=O) groups excluding carboxylic acids is 1. The van der Waals surface area contributed by atoms with E-state index in [4.69, 9.17) is 10.5 Å². The molecule has 0 aliphatic heterocycles. The van der Waals surface area contributed by atoms with E-state index < -0.39 is 0 Å². The molecule has 1 aromatic heterocycles. The molecule has 3 N–H and O–H groups in total. The van der Waals surface area contributed by atoms with Crippen LogP contribution in [0.15, 0.2) is 42.6 Å². The predicted molar refractivity (Wildman–Crippen MR) is 76.3 cm³/mol. The maximum absolute atomic E-state index is 12.0. The highest BCUT2D eigenvalue weighted by atomic mass is 16.5. The maximum atomic E-state index is 12.0. The number of nitrogens with one attached hydrogen (secondary N) is 1. The van der Waals surface area contributed by atoms with Gasteiger partial charge in [0.25, 0.3) is 5.91 Å². The van der Waals surface area contributed by atoms with Gasteiger partial charge >= 0.3 is 0 Å². The summed E-state index contributed by atoms with van der Waals surface area (Å²) < 4.78 is 5.04. The number of ether oxygens (including phenoxy) is 1. The van der Waals surface area contributed by atoms with Crippen molar-refractivity contribution < 1.29 is 9.53 Å². The highest BCUT2D eigenvalue weighted by molar-refractivity contribution is 5.94. The third-order valence-corrected chi connectivity index (χ3v) is 2.89. The Kier molecular flexibility index (Phi) is 4.68. The van der Waals surface area contributed by atoms with Gasteiger partial charge in [0.2, 0.25) is 5.88 Å². The number of nitrogens with zero attached hydrogens (tertiary/aromatic N) is 1. The number of rotatable bonds is 5. The molecule has 2 rings (SSSR count).